The second-order valence-corrected chi connectivity index (χ2v) is 26.2. The van der Waals surface area contributed by atoms with E-state index in [2.05, 4.69) is 182 Å². The minimum absolute atomic E-state index is 0.111. The van der Waals surface area contributed by atoms with Gasteiger partial charge in [-0.1, -0.05) is 330 Å². The van der Waals surface area contributed by atoms with E-state index in [1.165, 1.54) is 142 Å². The van der Waals surface area contributed by atoms with Crippen molar-refractivity contribution in [3.05, 3.63) is 326 Å². The highest BCUT2D eigenvalue weighted by Gasteiger charge is 2.46. The van der Waals surface area contributed by atoms with Crippen LogP contribution in [0.2, 0.25) is 0 Å². The molecule has 0 unspecified atom stereocenters. The van der Waals surface area contributed by atoms with Gasteiger partial charge < -0.3 is 0 Å². The molecule has 460 valence electrons. The molecule has 12 aromatic carbocycles. The lowest BCUT2D eigenvalue weighted by Gasteiger charge is -2.37. The number of fused-ring (bicyclic) bond motifs is 10. The van der Waals surface area contributed by atoms with Crippen molar-refractivity contribution in [2.75, 3.05) is 0 Å². The van der Waals surface area contributed by atoms with Crippen LogP contribution in [0.4, 0.5) is 0 Å². The predicted molar refractivity (Wildman–Crippen MR) is 393 cm³/mol. The minimum Gasteiger partial charge on any atom is -0.208 e. The summed E-state index contributed by atoms with van der Waals surface area (Å²) in [5, 5.41) is 0. The Morgan fingerprint density at radius 1 is 0.177 bits per heavy atom. The first-order valence-corrected chi connectivity index (χ1v) is 34.2. The SMILES string of the molecule is c1ccc(-c2nc(-c3ccccc3)nc(-c3ccc(-c4cccc(-c5cccc6c5C5(CCCCC5)c5ccccc5-6)c4)cc3)n2)cc1.c1ccc(-c2nc(-c3ccccc3)nc(-c3cccc(-c4ccc(-c5cccc6c5C5(CCCCC5)c5ccccc5-6)cc4)c3)n2)cc1. The first-order chi connectivity index (χ1) is 47.5. The molecule has 0 N–H and O–H groups in total. The Kier molecular flexibility index (Phi) is 15.3. The smallest absolute Gasteiger partial charge is 0.164 e. The fourth-order valence-corrected chi connectivity index (χ4v) is 16.2. The van der Waals surface area contributed by atoms with Crippen LogP contribution in [-0.4, -0.2) is 29.9 Å². The van der Waals surface area contributed by atoms with Crippen LogP contribution >= 0.6 is 0 Å². The molecule has 4 aliphatic rings. The van der Waals surface area contributed by atoms with Crippen LogP contribution < -0.4 is 0 Å². The Balaban J connectivity index is 0.000000145. The largest absolute Gasteiger partial charge is 0.208 e. The van der Waals surface area contributed by atoms with Gasteiger partial charge >= 0.3 is 0 Å². The zero-order valence-electron chi connectivity index (χ0n) is 53.6. The molecule has 6 heteroatoms. The van der Waals surface area contributed by atoms with E-state index in [0.717, 1.165) is 38.9 Å². The van der Waals surface area contributed by atoms with Crippen LogP contribution in [0.5, 0.6) is 0 Å². The highest BCUT2D eigenvalue weighted by molar-refractivity contribution is 5.91. The van der Waals surface area contributed by atoms with E-state index in [1.807, 2.05) is 121 Å². The summed E-state index contributed by atoms with van der Waals surface area (Å²) in [7, 11) is 0. The Labute approximate surface area is 562 Å². The molecule has 2 aromatic heterocycles. The van der Waals surface area contributed by atoms with Gasteiger partial charge in [-0.15, -0.1) is 0 Å². The molecule has 14 aromatic rings. The van der Waals surface area contributed by atoms with Crippen molar-refractivity contribution in [1.29, 1.82) is 0 Å². The van der Waals surface area contributed by atoms with Gasteiger partial charge in [0.2, 0.25) is 0 Å². The second-order valence-electron chi connectivity index (χ2n) is 26.2. The van der Waals surface area contributed by atoms with Gasteiger partial charge in [0.15, 0.2) is 34.9 Å². The lowest BCUT2D eigenvalue weighted by atomic mass is 9.66. The molecule has 0 aliphatic heterocycles. The van der Waals surface area contributed by atoms with Gasteiger partial charge in [0.05, 0.1) is 0 Å². The van der Waals surface area contributed by atoms with E-state index >= 15 is 0 Å². The summed E-state index contributed by atoms with van der Waals surface area (Å²) < 4.78 is 0. The van der Waals surface area contributed by atoms with E-state index in [-0.39, 0.29) is 10.8 Å². The number of hydrogen-bond acceptors (Lipinski definition) is 6. The van der Waals surface area contributed by atoms with Crippen molar-refractivity contribution >= 4 is 0 Å². The topological polar surface area (TPSA) is 77.3 Å². The number of benzene rings is 12. The van der Waals surface area contributed by atoms with E-state index < -0.39 is 0 Å². The van der Waals surface area contributed by atoms with E-state index in [4.69, 9.17) is 29.9 Å². The zero-order valence-corrected chi connectivity index (χ0v) is 53.6. The molecule has 0 radical (unpaired) electrons. The molecule has 2 fully saturated rings. The van der Waals surface area contributed by atoms with Crippen molar-refractivity contribution in [1.82, 2.24) is 29.9 Å². The summed E-state index contributed by atoms with van der Waals surface area (Å²) >= 11 is 0. The minimum atomic E-state index is 0.111. The van der Waals surface area contributed by atoms with Crippen molar-refractivity contribution in [3.63, 3.8) is 0 Å². The summed E-state index contributed by atoms with van der Waals surface area (Å²) in [5.74, 6) is 4.01. The summed E-state index contributed by atoms with van der Waals surface area (Å²) in [5.41, 5.74) is 27.8. The van der Waals surface area contributed by atoms with Gasteiger partial charge in [0.1, 0.15) is 0 Å². The number of rotatable bonds is 10. The second kappa shape index (κ2) is 25.2. The van der Waals surface area contributed by atoms with Crippen LogP contribution in [-0.2, 0) is 10.8 Å². The Morgan fingerprint density at radius 3 is 0.844 bits per heavy atom. The fraction of sp³-hybridized carbons (Fsp3) is 0.133. The summed E-state index contributed by atoms with van der Waals surface area (Å²) in [6.07, 6.45) is 12.7. The molecular formula is C90H70N6. The average Bonchev–Trinajstić information content (AvgIpc) is 1.57. The maximum atomic E-state index is 4.96. The first-order valence-electron chi connectivity index (χ1n) is 34.2. The van der Waals surface area contributed by atoms with Crippen molar-refractivity contribution in [3.8, 4) is 135 Å². The standard InChI is InChI=1S/2C45H35N3/c1-4-14-33(15-5-1)42-46-43(34-16-6-2-7-17-34)48-44(47-42)36-19-12-18-35(30-36)31-24-26-32(27-25-31)37-21-13-22-39-38-20-8-9-23-40(38)45(41(37)39)28-10-3-11-29-45;1-4-14-32(15-5-1)42-46-43(33-16-6-2-7-17-33)48-44(47-42)34-26-24-31(25-27-34)35-18-12-19-36(30-35)37-21-13-22-39-38-20-8-9-23-40(38)45(41(37)39)28-10-3-11-29-45/h2*1-2,4-9,12-27,30H,3,10-11,28-29H2. The molecule has 96 heavy (non-hydrogen) atoms. The van der Waals surface area contributed by atoms with Gasteiger partial charge in [-0.2, -0.15) is 0 Å². The lowest BCUT2D eigenvalue weighted by Crippen LogP contribution is -2.28. The van der Waals surface area contributed by atoms with Gasteiger partial charge in [0, 0.05) is 44.2 Å². The van der Waals surface area contributed by atoms with Gasteiger partial charge in [-0.25, -0.2) is 29.9 Å². The number of hydrogen-bond donors (Lipinski definition) is 0. The van der Waals surface area contributed by atoms with E-state index in [1.54, 1.807) is 5.56 Å². The molecule has 6 nitrogen and oxygen atoms in total. The van der Waals surface area contributed by atoms with Gasteiger partial charge in [0.25, 0.3) is 0 Å². The summed E-state index contributed by atoms with van der Waals surface area (Å²) in [4.78, 5) is 29.5. The van der Waals surface area contributed by atoms with Crippen molar-refractivity contribution < 1.29 is 0 Å². The van der Waals surface area contributed by atoms with Crippen LogP contribution in [0.25, 0.3) is 135 Å². The molecule has 18 rings (SSSR count). The van der Waals surface area contributed by atoms with Crippen LogP contribution in [0, 0.1) is 0 Å². The van der Waals surface area contributed by atoms with Gasteiger partial charge in [-0.05, 0) is 127 Å². The molecule has 2 saturated carbocycles. The monoisotopic (exact) mass is 1230 g/mol. The van der Waals surface area contributed by atoms with Gasteiger partial charge in [-0.3, -0.25) is 0 Å². The quantitative estimate of drug-likeness (QED) is 0.136. The Bertz CT molecular complexity index is 5040. The van der Waals surface area contributed by atoms with Crippen LogP contribution in [0.1, 0.15) is 86.5 Å². The normalized spacial score (nSPS) is 14.4. The lowest BCUT2D eigenvalue weighted by molar-refractivity contribution is 0.353. The van der Waals surface area contributed by atoms with E-state index in [0.29, 0.717) is 34.9 Å². The third-order valence-electron chi connectivity index (χ3n) is 20.7. The van der Waals surface area contributed by atoms with Crippen LogP contribution in [0.15, 0.2) is 303 Å². The summed E-state index contributed by atoms with van der Waals surface area (Å²) in [6.45, 7) is 0. The highest BCUT2D eigenvalue weighted by atomic mass is 15.0. The molecule has 0 amide bonds. The van der Waals surface area contributed by atoms with Crippen molar-refractivity contribution in [2.45, 2.75) is 75.0 Å². The molecule has 0 atom stereocenters. The predicted octanol–water partition coefficient (Wildman–Crippen LogP) is 22.9. The third kappa shape index (κ3) is 10.7. The zero-order chi connectivity index (χ0) is 63.8. The average molecular weight is 1240 g/mol. The fourth-order valence-electron chi connectivity index (χ4n) is 16.2. The van der Waals surface area contributed by atoms with E-state index in [9.17, 15) is 0 Å². The maximum absolute atomic E-state index is 4.96. The molecule has 0 saturated heterocycles. The first kappa shape index (κ1) is 58.5. The molecular weight excluding hydrogens is 1170 g/mol. The highest BCUT2D eigenvalue weighted by Crippen LogP contribution is 2.60. The van der Waals surface area contributed by atoms with Crippen molar-refractivity contribution in [2.24, 2.45) is 0 Å². The van der Waals surface area contributed by atoms with Crippen LogP contribution in [0.3, 0.4) is 0 Å². The molecule has 4 aliphatic carbocycles. The molecule has 2 heterocycles. The number of nitrogens with zero attached hydrogens (tertiary/aromatic N) is 6. The number of aromatic nitrogens is 6. The maximum Gasteiger partial charge on any atom is 0.164 e. The third-order valence-corrected chi connectivity index (χ3v) is 20.7. The molecule has 2 spiro atoms. The summed E-state index contributed by atoms with van der Waals surface area (Å²) in [6, 6.07) is 108. The molecule has 0 bridgehead atoms. The Hall–Kier alpha value is -11.3. The Morgan fingerprint density at radius 2 is 0.438 bits per heavy atom.